The van der Waals surface area contributed by atoms with Crippen LogP contribution in [0.2, 0.25) is 0 Å². The Bertz CT molecular complexity index is 843. The molecule has 0 aliphatic carbocycles. The zero-order chi connectivity index (χ0) is 14.9. The Balaban J connectivity index is 1.69. The molecular weight excluding hydrogens is 294 g/mol. The number of benzene rings is 1. The predicted molar refractivity (Wildman–Crippen MR) is 89.4 cm³/mol. The first kappa shape index (κ1) is 13.3. The molecule has 3 aromatic rings. The minimum atomic E-state index is 0.00457. The molecule has 0 atom stereocenters. The number of rotatable bonds is 2. The van der Waals surface area contributed by atoms with Crippen LogP contribution in [0.3, 0.4) is 0 Å². The molecule has 22 heavy (non-hydrogen) atoms. The number of anilines is 1. The molecule has 110 valence electrons. The Morgan fingerprint density at radius 3 is 3.14 bits per heavy atom. The van der Waals surface area contributed by atoms with E-state index in [0.29, 0.717) is 6.54 Å². The average molecular weight is 309 g/mol. The van der Waals surface area contributed by atoms with Crippen LogP contribution < -0.4 is 10.2 Å². The molecule has 0 spiro atoms. The van der Waals surface area contributed by atoms with Gasteiger partial charge in [0, 0.05) is 31.5 Å². The first-order valence-corrected chi connectivity index (χ1v) is 8.13. The number of nitrogens with one attached hydrogen (secondary N) is 1. The first-order chi connectivity index (χ1) is 10.8. The lowest BCUT2D eigenvalue weighted by molar-refractivity contribution is 0.0958. The first-order valence-electron chi connectivity index (χ1n) is 7.25. The summed E-state index contributed by atoms with van der Waals surface area (Å²) in [6, 6.07) is 12.0. The van der Waals surface area contributed by atoms with Gasteiger partial charge in [-0.25, -0.2) is 0 Å². The van der Waals surface area contributed by atoms with Gasteiger partial charge < -0.3 is 10.2 Å². The summed E-state index contributed by atoms with van der Waals surface area (Å²) in [5.74, 6) is 0.00457. The van der Waals surface area contributed by atoms with Crippen LogP contribution in [0.5, 0.6) is 0 Å². The van der Waals surface area contributed by atoms with Crippen LogP contribution in [-0.4, -0.2) is 24.0 Å². The number of amides is 1. The fourth-order valence-electron chi connectivity index (χ4n) is 2.82. The number of carbonyl (C=O) groups excluding carboxylic acids is 1. The molecule has 2 aromatic heterocycles. The summed E-state index contributed by atoms with van der Waals surface area (Å²) in [6.45, 7) is 2.21. The molecule has 0 fully saturated rings. The Morgan fingerprint density at radius 1 is 1.27 bits per heavy atom. The molecule has 1 N–H and O–H groups in total. The van der Waals surface area contributed by atoms with E-state index in [4.69, 9.17) is 0 Å². The molecule has 3 heterocycles. The maximum Gasteiger partial charge on any atom is 0.253 e. The second-order valence-electron chi connectivity index (χ2n) is 5.34. The second kappa shape index (κ2) is 5.42. The molecule has 0 saturated carbocycles. The summed E-state index contributed by atoms with van der Waals surface area (Å²) in [5.41, 5.74) is 3.94. The lowest BCUT2D eigenvalue weighted by atomic mass is 10.1. The smallest absolute Gasteiger partial charge is 0.253 e. The number of thiophene rings is 1. The number of aromatic nitrogens is 1. The molecule has 0 unspecified atom stereocenters. The highest BCUT2D eigenvalue weighted by Gasteiger charge is 2.20. The molecule has 0 bridgehead atoms. The molecule has 1 aromatic carbocycles. The average Bonchev–Trinajstić information content (AvgIpc) is 2.95. The SMILES string of the molecule is O=C1NCCN(Cc2cnc3ccsc3c2)c2ccccc21. The van der Waals surface area contributed by atoms with Gasteiger partial charge in [-0.05, 0) is 35.2 Å². The van der Waals surface area contributed by atoms with Crippen molar-refractivity contribution in [3.63, 3.8) is 0 Å². The van der Waals surface area contributed by atoms with E-state index in [-0.39, 0.29) is 5.91 Å². The van der Waals surface area contributed by atoms with Crippen LogP contribution in [-0.2, 0) is 6.54 Å². The van der Waals surface area contributed by atoms with Gasteiger partial charge in [0.05, 0.1) is 15.8 Å². The highest BCUT2D eigenvalue weighted by atomic mass is 32.1. The second-order valence-corrected chi connectivity index (χ2v) is 6.29. The van der Waals surface area contributed by atoms with Gasteiger partial charge in [-0.1, -0.05) is 12.1 Å². The number of hydrogen-bond donors (Lipinski definition) is 1. The third-order valence-corrected chi connectivity index (χ3v) is 4.74. The molecule has 1 aliphatic heterocycles. The van der Waals surface area contributed by atoms with E-state index in [1.807, 2.05) is 36.5 Å². The van der Waals surface area contributed by atoms with E-state index in [1.165, 1.54) is 10.3 Å². The highest BCUT2D eigenvalue weighted by molar-refractivity contribution is 7.17. The summed E-state index contributed by atoms with van der Waals surface area (Å²) in [5, 5.41) is 5.01. The van der Waals surface area contributed by atoms with Crippen LogP contribution >= 0.6 is 11.3 Å². The van der Waals surface area contributed by atoms with Crippen molar-refractivity contribution in [3.8, 4) is 0 Å². The molecule has 4 nitrogen and oxygen atoms in total. The van der Waals surface area contributed by atoms with Gasteiger partial charge in [0.2, 0.25) is 0 Å². The summed E-state index contributed by atoms with van der Waals surface area (Å²) in [7, 11) is 0. The zero-order valence-electron chi connectivity index (χ0n) is 12.0. The minimum Gasteiger partial charge on any atom is -0.365 e. The van der Waals surface area contributed by atoms with Crippen molar-refractivity contribution in [2.24, 2.45) is 0 Å². The van der Waals surface area contributed by atoms with E-state index < -0.39 is 0 Å². The van der Waals surface area contributed by atoms with Gasteiger partial charge in [-0.2, -0.15) is 0 Å². The summed E-state index contributed by atoms with van der Waals surface area (Å²) in [4.78, 5) is 18.8. The van der Waals surface area contributed by atoms with Crippen molar-refractivity contribution < 1.29 is 4.79 Å². The zero-order valence-corrected chi connectivity index (χ0v) is 12.8. The van der Waals surface area contributed by atoms with Crippen molar-refractivity contribution in [2.75, 3.05) is 18.0 Å². The predicted octanol–water partition coefficient (Wildman–Crippen LogP) is 3.05. The fraction of sp³-hybridized carbons (Fsp3) is 0.176. The molecular formula is C17H15N3OS. The van der Waals surface area contributed by atoms with Crippen molar-refractivity contribution in [2.45, 2.75) is 6.54 Å². The normalized spacial score (nSPS) is 14.5. The van der Waals surface area contributed by atoms with Crippen LogP contribution in [0.4, 0.5) is 5.69 Å². The molecule has 4 rings (SSSR count). The highest BCUT2D eigenvalue weighted by Crippen LogP contribution is 2.25. The fourth-order valence-corrected chi connectivity index (χ4v) is 3.62. The number of nitrogens with zero attached hydrogens (tertiary/aromatic N) is 2. The van der Waals surface area contributed by atoms with Crippen LogP contribution in [0.15, 0.2) is 48.0 Å². The van der Waals surface area contributed by atoms with E-state index in [2.05, 4.69) is 26.6 Å². The Kier molecular flexibility index (Phi) is 3.27. The third kappa shape index (κ3) is 2.33. The summed E-state index contributed by atoms with van der Waals surface area (Å²) in [6.07, 6.45) is 1.93. The van der Waals surface area contributed by atoms with Gasteiger partial charge in [-0.15, -0.1) is 11.3 Å². The van der Waals surface area contributed by atoms with Gasteiger partial charge in [-0.3, -0.25) is 9.78 Å². The lowest BCUT2D eigenvalue weighted by Crippen LogP contribution is -2.29. The largest absolute Gasteiger partial charge is 0.365 e. The Labute approximate surface area is 132 Å². The minimum absolute atomic E-state index is 0.00457. The van der Waals surface area contributed by atoms with Crippen molar-refractivity contribution in [3.05, 3.63) is 59.1 Å². The van der Waals surface area contributed by atoms with Crippen LogP contribution in [0.25, 0.3) is 10.2 Å². The van der Waals surface area contributed by atoms with E-state index in [0.717, 1.165) is 29.9 Å². The molecule has 1 amide bonds. The van der Waals surface area contributed by atoms with Gasteiger partial charge >= 0.3 is 0 Å². The number of carbonyl (C=O) groups is 1. The monoisotopic (exact) mass is 309 g/mol. The maximum absolute atomic E-state index is 12.1. The lowest BCUT2D eigenvalue weighted by Gasteiger charge is -2.24. The van der Waals surface area contributed by atoms with Crippen molar-refractivity contribution in [1.29, 1.82) is 0 Å². The molecule has 0 radical (unpaired) electrons. The number of para-hydroxylation sites is 1. The van der Waals surface area contributed by atoms with Crippen LogP contribution in [0, 0.1) is 0 Å². The molecule has 0 saturated heterocycles. The van der Waals surface area contributed by atoms with E-state index >= 15 is 0 Å². The third-order valence-electron chi connectivity index (χ3n) is 3.89. The number of hydrogen-bond acceptors (Lipinski definition) is 4. The van der Waals surface area contributed by atoms with Crippen LogP contribution in [0.1, 0.15) is 15.9 Å². The Hall–Kier alpha value is -2.40. The van der Waals surface area contributed by atoms with Gasteiger partial charge in [0.1, 0.15) is 0 Å². The van der Waals surface area contributed by atoms with E-state index in [9.17, 15) is 4.79 Å². The maximum atomic E-state index is 12.1. The standard InChI is InChI=1S/C17H15N3OS/c21-17-13-3-1-2-4-15(13)20(7-6-18-17)11-12-9-16-14(19-10-12)5-8-22-16/h1-5,8-10H,6-7,11H2,(H,18,21). The van der Waals surface area contributed by atoms with Gasteiger partial charge in [0.25, 0.3) is 5.91 Å². The van der Waals surface area contributed by atoms with Gasteiger partial charge in [0.15, 0.2) is 0 Å². The van der Waals surface area contributed by atoms with Crippen molar-refractivity contribution >= 4 is 33.1 Å². The molecule has 5 heteroatoms. The summed E-state index contributed by atoms with van der Waals surface area (Å²) >= 11 is 1.71. The summed E-state index contributed by atoms with van der Waals surface area (Å²) < 4.78 is 1.20. The van der Waals surface area contributed by atoms with Crippen molar-refractivity contribution in [1.82, 2.24) is 10.3 Å². The topological polar surface area (TPSA) is 45.2 Å². The number of pyridine rings is 1. The van der Waals surface area contributed by atoms with E-state index in [1.54, 1.807) is 11.3 Å². The molecule has 1 aliphatic rings. The quantitative estimate of drug-likeness (QED) is 0.791. The Morgan fingerprint density at radius 2 is 2.18 bits per heavy atom. The number of fused-ring (bicyclic) bond motifs is 2.